The van der Waals surface area contributed by atoms with E-state index >= 15 is 0 Å². The molecule has 1 saturated carbocycles. The van der Waals surface area contributed by atoms with E-state index in [1.54, 1.807) is 24.3 Å². The summed E-state index contributed by atoms with van der Waals surface area (Å²) in [6.07, 6.45) is 5.72. The van der Waals surface area contributed by atoms with Crippen LogP contribution in [0.15, 0.2) is 24.3 Å². The first-order chi connectivity index (χ1) is 9.90. The topological polar surface area (TPSA) is 54.5 Å². The summed E-state index contributed by atoms with van der Waals surface area (Å²) in [6.45, 7) is 2.69. The van der Waals surface area contributed by atoms with Gasteiger partial charge in [-0.1, -0.05) is 25.0 Å². The summed E-state index contributed by atoms with van der Waals surface area (Å²) >= 11 is 0. The summed E-state index contributed by atoms with van der Waals surface area (Å²) in [6, 6.07) is 7.33. The molecule has 0 bridgehead atoms. The van der Waals surface area contributed by atoms with Crippen LogP contribution < -0.4 is 0 Å². The van der Waals surface area contributed by atoms with Crippen molar-refractivity contribution >= 4 is 15.7 Å². The quantitative estimate of drug-likeness (QED) is 0.840. The SMILES string of the molecule is CCN(C(=O)c1cccc(CS(C)(=O)=O)c1)C1CCCC1. The van der Waals surface area contributed by atoms with Crippen molar-refractivity contribution in [1.82, 2.24) is 4.90 Å². The fraction of sp³-hybridized carbons (Fsp3) is 0.562. The van der Waals surface area contributed by atoms with Crippen molar-refractivity contribution in [3.05, 3.63) is 35.4 Å². The maximum Gasteiger partial charge on any atom is 0.254 e. The number of hydrogen-bond acceptors (Lipinski definition) is 3. The van der Waals surface area contributed by atoms with E-state index < -0.39 is 9.84 Å². The molecule has 21 heavy (non-hydrogen) atoms. The highest BCUT2D eigenvalue weighted by molar-refractivity contribution is 7.89. The zero-order valence-electron chi connectivity index (χ0n) is 12.7. The Bertz CT molecular complexity index is 604. The van der Waals surface area contributed by atoms with Gasteiger partial charge in [-0.3, -0.25) is 4.79 Å². The predicted octanol–water partition coefficient (Wildman–Crippen LogP) is 2.64. The number of amides is 1. The number of hydrogen-bond donors (Lipinski definition) is 0. The van der Waals surface area contributed by atoms with Crippen LogP contribution >= 0.6 is 0 Å². The van der Waals surface area contributed by atoms with E-state index in [9.17, 15) is 13.2 Å². The molecule has 1 aromatic carbocycles. The van der Waals surface area contributed by atoms with Gasteiger partial charge in [0.1, 0.15) is 0 Å². The lowest BCUT2D eigenvalue weighted by molar-refractivity contribution is 0.0693. The van der Waals surface area contributed by atoms with Gasteiger partial charge in [0.15, 0.2) is 9.84 Å². The van der Waals surface area contributed by atoms with Crippen LogP contribution in [-0.2, 0) is 15.6 Å². The largest absolute Gasteiger partial charge is 0.336 e. The molecule has 0 radical (unpaired) electrons. The molecule has 0 unspecified atom stereocenters. The second-order valence-corrected chi connectivity index (χ2v) is 7.94. The molecule has 0 atom stereocenters. The van der Waals surface area contributed by atoms with E-state index in [0.717, 1.165) is 12.8 Å². The molecule has 1 aliphatic rings. The minimum atomic E-state index is -3.09. The number of nitrogens with zero attached hydrogens (tertiary/aromatic N) is 1. The molecule has 4 nitrogen and oxygen atoms in total. The lowest BCUT2D eigenvalue weighted by Gasteiger charge is -2.28. The Balaban J connectivity index is 2.19. The molecule has 2 rings (SSSR count). The van der Waals surface area contributed by atoms with Crippen LogP contribution in [0, 0.1) is 0 Å². The Morgan fingerprint density at radius 3 is 2.52 bits per heavy atom. The zero-order chi connectivity index (χ0) is 15.5. The van der Waals surface area contributed by atoms with Gasteiger partial charge >= 0.3 is 0 Å². The highest BCUT2D eigenvalue weighted by atomic mass is 32.2. The van der Waals surface area contributed by atoms with Crippen LogP contribution in [0.4, 0.5) is 0 Å². The molecule has 1 aromatic rings. The van der Waals surface area contributed by atoms with Crippen molar-refractivity contribution in [2.45, 2.75) is 44.4 Å². The van der Waals surface area contributed by atoms with Crippen molar-refractivity contribution in [1.29, 1.82) is 0 Å². The molecule has 116 valence electrons. The highest BCUT2D eigenvalue weighted by Gasteiger charge is 2.26. The molecular formula is C16H23NO3S. The Morgan fingerprint density at radius 1 is 1.29 bits per heavy atom. The van der Waals surface area contributed by atoms with Crippen LogP contribution in [0.3, 0.4) is 0 Å². The van der Waals surface area contributed by atoms with E-state index in [2.05, 4.69) is 0 Å². The van der Waals surface area contributed by atoms with Crippen LogP contribution in [0.1, 0.15) is 48.5 Å². The highest BCUT2D eigenvalue weighted by Crippen LogP contribution is 2.25. The average Bonchev–Trinajstić information content (AvgIpc) is 2.91. The van der Waals surface area contributed by atoms with Crippen molar-refractivity contribution in [3.8, 4) is 0 Å². The fourth-order valence-electron chi connectivity index (χ4n) is 3.05. The summed E-state index contributed by atoms with van der Waals surface area (Å²) in [5.74, 6) is -0.0105. The lowest BCUT2D eigenvalue weighted by atomic mass is 10.1. The molecular weight excluding hydrogens is 286 g/mol. The Labute approximate surface area is 127 Å². The maximum absolute atomic E-state index is 12.7. The summed E-state index contributed by atoms with van der Waals surface area (Å²) in [4.78, 5) is 14.6. The third kappa shape index (κ3) is 4.30. The Kier molecular flexibility index (Phi) is 5.04. The van der Waals surface area contributed by atoms with Gasteiger partial charge < -0.3 is 4.90 Å². The molecule has 1 aliphatic carbocycles. The van der Waals surface area contributed by atoms with E-state index in [1.807, 2.05) is 11.8 Å². The fourth-order valence-corrected chi connectivity index (χ4v) is 3.83. The molecule has 1 fully saturated rings. The number of carbonyl (C=O) groups excluding carboxylic acids is 1. The predicted molar refractivity (Wildman–Crippen MR) is 84.0 cm³/mol. The molecule has 0 heterocycles. The second-order valence-electron chi connectivity index (χ2n) is 5.80. The normalized spacial score (nSPS) is 16.1. The Hall–Kier alpha value is -1.36. The van der Waals surface area contributed by atoms with Crippen LogP contribution in [0.2, 0.25) is 0 Å². The van der Waals surface area contributed by atoms with Gasteiger partial charge in [0.05, 0.1) is 5.75 Å². The lowest BCUT2D eigenvalue weighted by Crippen LogP contribution is -2.38. The second kappa shape index (κ2) is 6.60. The van der Waals surface area contributed by atoms with Gasteiger partial charge in [0, 0.05) is 24.4 Å². The van der Waals surface area contributed by atoms with Crippen LogP contribution in [0.25, 0.3) is 0 Å². The summed E-state index contributed by atoms with van der Waals surface area (Å²) in [7, 11) is -3.09. The summed E-state index contributed by atoms with van der Waals surface area (Å²) in [5.41, 5.74) is 1.26. The van der Waals surface area contributed by atoms with Crippen molar-refractivity contribution < 1.29 is 13.2 Å². The molecule has 5 heteroatoms. The first kappa shape index (κ1) is 16.0. The van der Waals surface area contributed by atoms with Gasteiger partial charge in [-0.2, -0.15) is 0 Å². The van der Waals surface area contributed by atoms with Crippen molar-refractivity contribution in [2.75, 3.05) is 12.8 Å². The van der Waals surface area contributed by atoms with Crippen molar-refractivity contribution in [2.24, 2.45) is 0 Å². The number of sulfone groups is 1. The van der Waals surface area contributed by atoms with Crippen LogP contribution in [-0.4, -0.2) is 38.1 Å². The third-order valence-corrected chi connectivity index (χ3v) is 4.83. The standard InChI is InChI=1S/C16H23NO3S/c1-3-17(15-9-4-5-10-15)16(18)14-8-6-7-13(11-14)12-21(2,19)20/h6-8,11,15H,3-5,9-10,12H2,1-2H3. The van der Waals surface area contributed by atoms with E-state index in [4.69, 9.17) is 0 Å². The molecule has 1 amide bonds. The molecule has 0 aromatic heterocycles. The van der Waals surface area contributed by atoms with Crippen LogP contribution in [0.5, 0.6) is 0 Å². The monoisotopic (exact) mass is 309 g/mol. The van der Waals surface area contributed by atoms with Gasteiger partial charge in [0.25, 0.3) is 5.91 Å². The number of carbonyl (C=O) groups is 1. The maximum atomic E-state index is 12.7. The van der Waals surface area contributed by atoms with Gasteiger partial charge in [-0.15, -0.1) is 0 Å². The van der Waals surface area contributed by atoms with E-state index in [1.165, 1.54) is 19.1 Å². The average molecular weight is 309 g/mol. The molecule has 0 N–H and O–H groups in total. The number of rotatable bonds is 5. The zero-order valence-corrected chi connectivity index (χ0v) is 13.5. The third-order valence-electron chi connectivity index (χ3n) is 3.97. The van der Waals surface area contributed by atoms with Gasteiger partial charge in [-0.25, -0.2) is 8.42 Å². The molecule has 0 aliphatic heterocycles. The first-order valence-corrected chi connectivity index (χ1v) is 9.54. The van der Waals surface area contributed by atoms with E-state index in [-0.39, 0.29) is 11.7 Å². The number of benzene rings is 1. The first-order valence-electron chi connectivity index (χ1n) is 7.48. The minimum absolute atomic E-state index is 0.0137. The van der Waals surface area contributed by atoms with Gasteiger partial charge in [-0.05, 0) is 37.5 Å². The smallest absolute Gasteiger partial charge is 0.254 e. The summed E-state index contributed by atoms with van der Waals surface area (Å²) in [5, 5.41) is 0. The summed E-state index contributed by atoms with van der Waals surface area (Å²) < 4.78 is 22.8. The molecule has 0 saturated heterocycles. The Morgan fingerprint density at radius 2 is 1.95 bits per heavy atom. The van der Waals surface area contributed by atoms with Gasteiger partial charge in [0.2, 0.25) is 0 Å². The van der Waals surface area contributed by atoms with Crippen molar-refractivity contribution in [3.63, 3.8) is 0 Å². The van der Waals surface area contributed by atoms with E-state index in [0.29, 0.717) is 23.7 Å². The minimum Gasteiger partial charge on any atom is -0.336 e. The molecule has 0 spiro atoms.